The van der Waals surface area contributed by atoms with Crippen molar-refractivity contribution in [3.8, 4) is 0 Å². The first-order valence-electron chi connectivity index (χ1n) is 6.20. The van der Waals surface area contributed by atoms with Gasteiger partial charge < -0.3 is 11.1 Å². The van der Waals surface area contributed by atoms with Crippen LogP contribution in [0, 0.1) is 6.92 Å². The fourth-order valence-electron chi connectivity index (χ4n) is 2.42. The molecule has 0 aromatic carbocycles. The van der Waals surface area contributed by atoms with Gasteiger partial charge in [0.15, 0.2) is 0 Å². The van der Waals surface area contributed by atoms with Crippen molar-refractivity contribution in [1.29, 1.82) is 0 Å². The summed E-state index contributed by atoms with van der Waals surface area (Å²) in [6.45, 7) is 2.02. The van der Waals surface area contributed by atoms with Gasteiger partial charge in [-0.05, 0) is 31.4 Å². The normalized spacial score (nSPS) is 16.8. The summed E-state index contributed by atoms with van der Waals surface area (Å²) in [6.07, 6.45) is 8.18. The highest BCUT2D eigenvalue weighted by Gasteiger charge is 2.16. The quantitative estimate of drug-likeness (QED) is 0.809. The Kier molecular flexibility index (Phi) is 3.94. The molecule has 0 radical (unpaired) electrons. The van der Waals surface area contributed by atoms with Crippen molar-refractivity contribution in [2.75, 3.05) is 5.32 Å². The highest BCUT2D eigenvalue weighted by atomic mass is 32.1. The van der Waals surface area contributed by atoms with E-state index in [0.29, 0.717) is 11.0 Å². The largest absolute Gasteiger partial charge is 0.389 e. The van der Waals surface area contributed by atoms with Gasteiger partial charge in [-0.1, -0.05) is 31.5 Å². The summed E-state index contributed by atoms with van der Waals surface area (Å²) >= 11 is 5.10. The molecule has 92 valence electrons. The molecule has 0 amide bonds. The lowest BCUT2D eigenvalue weighted by atomic mass is 9.95. The second kappa shape index (κ2) is 5.45. The number of hydrogen-bond acceptors (Lipinski definition) is 3. The lowest BCUT2D eigenvalue weighted by molar-refractivity contribution is 0.462. The average molecular weight is 249 g/mol. The molecule has 0 spiro atoms. The molecule has 1 saturated carbocycles. The molecule has 0 saturated heterocycles. The molecule has 3 N–H and O–H groups in total. The van der Waals surface area contributed by atoms with Gasteiger partial charge in [0.05, 0.1) is 5.56 Å². The van der Waals surface area contributed by atoms with Gasteiger partial charge in [0.25, 0.3) is 0 Å². The van der Waals surface area contributed by atoms with E-state index in [2.05, 4.69) is 10.3 Å². The van der Waals surface area contributed by atoms with Crippen LogP contribution in [0.25, 0.3) is 0 Å². The second-order valence-electron chi connectivity index (χ2n) is 4.69. The fraction of sp³-hybridized carbons (Fsp3) is 0.538. The topological polar surface area (TPSA) is 50.9 Å². The molecule has 0 atom stereocenters. The monoisotopic (exact) mass is 249 g/mol. The van der Waals surface area contributed by atoms with Crippen LogP contribution in [0.4, 0.5) is 5.82 Å². The van der Waals surface area contributed by atoms with Crippen molar-refractivity contribution in [1.82, 2.24) is 4.98 Å². The SMILES string of the molecule is Cc1ccnc(NC2CCCCC2)c1C(N)=S. The number of nitrogens with zero attached hydrogens (tertiary/aromatic N) is 1. The maximum atomic E-state index is 5.77. The lowest BCUT2D eigenvalue weighted by Gasteiger charge is -2.24. The van der Waals surface area contributed by atoms with Crippen molar-refractivity contribution >= 4 is 23.0 Å². The predicted molar refractivity (Wildman–Crippen MR) is 75.4 cm³/mol. The van der Waals surface area contributed by atoms with Crippen LogP contribution in [-0.4, -0.2) is 16.0 Å². The van der Waals surface area contributed by atoms with Crippen molar-refractivity contribution in [3.05, 3.63) is 23.4 Å². The van der Waals surface area contributed by atoms with E-state index in [4.69, 9.17) is 18.0 Å². The third-order valence-electron chi connectivity index (χ3n) is 3.35. The predicted octanol–water partition coefficient (Wildman–Crippen LogP) is 2.77. The second-order valence-corrected chi connectivity index (χ2v) is 5.13. The Bertz CT molecular complexity index is 411. The van der Waals surface area contributed by atoms with Gasteiger partial charge >= 0.3 is 0 Å². The van der Waals surface area contributed by atoms with Gasteiger partial charge in [0.2, 0.25) is 0 Å². The third kappa shape index (κ3) is 2.94. The van der Waals surface area contributed by atoms with E-state index < -0.39 is 0 Å². The minimum atomic E-state index is 0.425. The number of anilines is 1. The molecule has 1 aliphatic carbocycles. The zero-order chi connectivity index (χ0) is 12.3. The summed E-state index contributed by atoms with van der Waals surface area (Å²) in [7, 11) is 0. The molecule has 0 unspecified atom stereocenters. The van der Waals surface area contributed by atoms with E-state index in [0.717, 1.165) is 16.9 Å². The molecular weight excluding hydrogens is 230 g/mol. The number of aromatic nitrogens is 1. The van der Waals surface area contributed by atoms with Crippen LogP contribution >= 0.6 is 12.2 Å². The summed E-state index contributed by atoms with van der Waals surface area (Å²) in [5.41, 5.74) is 7.76. The fourth-order valence-corrected chi connectivity index (χ4v) is 2.68. The summed E-state index contributed by atoms with van der Waals surface area (Å²) in [5.74, 6) is 0.851. The van der Waals surface area contributed by atoms with Gasteiger partial charge in [0, 0.05) is 12.2 Å². The molecule has 1 aromatic heterocycles. The number of pyridine rings is 1. The van der Waals surface area contributed by atoms with E-state index >= 15 is 0 Å². The Morgan fingerprint density at radius 1 is 1.41 bits per heavy atom. The van der Waals surface area contributed by atoms with Gasteiger partial charge in [-0.2, -0.15) is 0 Å². The Morgan fingerprint density at radius 2 is 2.12 bits per heavy atom. The Balaban J connectivity index is 2.19. The Hall–Kier alpha value is -1.16. The smallest absolute Gasteiger partial charge is 0.136 e. The summed E-state index contributed by atoms with van der Waals surface area (Å²) in [4.78, 5) is 4.80. The van der Waals surface area contributed by atoms with Crippen LogP contribution in [-0.2, 0) is 0 Å². The molecule has 1 heterocycles. The van der Waals surface area contributed by atoms with E-state index in [1.807, 2.05) is 19.2 Å². The molecule has 2 rings (SSSR count). The molecule has 1 aliphatic rings. The Morgan fingerprint density at radius 3 is 2.76 bits per heavy atom. The third-order valence-corrected chi connectivity index (χ3v) is 3.56. The summed E-state index contributed by atoms with van der Waals surface area (Å²) in [5, 5.41) is 3.49. The van der Waals surface area contributed by atoms with E-state index in [1.165, 1.54) is 32.1 Å². The number of aryl methyl sites for hydroxylation is 1. The number of hydrogen-bond donors (Lipinski definition) is 2. The average Bonchev–Trinajstić information content (AvgIpc) is 2.30. The summed E-state index contributed by atoms with van der Waals surface area (Å²) < 4.78 is 0. The van der Waals surface area contributed by atoms with Crippen molar-refractivity contribution in [2.45, 2.75) is 45.1 Å². The first-order chi connectivity index (χ1) is 8.18. The maximum Gasteiger partial charge on any atom is 0.136 e. The van der Waals surface area contributed by atoms with Crippen LogP contribution in [0.1, 0.15) is 43.2 Å². The highest BCUT2D eigenvalue weighted by Crippen LogP contribution is 2.23. The molecule has 0 bridgehead atoms. The molecular formula is C13H19N3S. The van der Waals surface area contributed by atoms with Gasteiger partial charge in [0.1, 0.15) is 10.8 Å². The standard InChI is InChI=1S/C13H19N3S/c1-9-7-8-15-13(11(9)12(14)17)16-10-5-3-2-4-6-10/h7-8,10H,2-6H2,1H3,(H2,14,17)(H,15,16). The van der Waals surface area contributed by atoms with Crippen molar-refractivity contribution < 1.29 is 0 Å². The van der Waals surface area contributed by atoms with Gasteiger partial charge in [-0.25, -0.2) is 4.98 Å². The first kappa shape index (κ1) is 12.3. The van der Waals surface area contributed by atoms with Crippen molar-refractivity contribution in [2.24, 2.45) is 5.73 Å². The van der Waals surface area contributed by atoms with E-state index in [1.54, 1.807) is 0 Å². The molecule has 1 fully saturated rings. The molecule has 1 aromatic rings. The lowest BCUT2D eigenvalue weighted by Crippen LogP contribution is -2.25. The number of nitrogens with one attached hydrogen (secondary N) is 1. The molecule has 4 heteroatoms. The van der Waals surface area contributed by atoms with Gasteiger partial charge in [-0.15, -0.1) is 0 Å². The maximum absolute atomic E-state index is 5.77. The zero-order valence-corrected chi connectivity index (χ0v) is 11.0. The van der Waals surface area contributed by atoms with Crippen LogP contribution in [0.3, 0.4) is 0 Å². The van der Waals surface area contributed by atoms with Crippen molar-refractivity contribution in [3.63, 3.8) is 0 Å². The molecule has 3 nitrogen and oxygen atoms in total. The van der Waals surface area contributed by atoms with Crippen LogP contribution in [0.15, 0.2) is 12.3 Å². The molecule has 0 aliphatic heterocycles. The zero-order valence-electron chi connectivity index (χ0n) is 10.2. The van der Waals surface area contributed by atoms with E-state index in [-0.39, 0.29) is 0 Å². The highest BCUT2D eigenvalue weighted by molar-refractivity contribution is 7.80. The number of thiocarbonyl (C=S) groups is 1. The van der Waals surface area contributed by atoms with Gasteiger partial charge in [-0.3, -0.25) is 0 Å². The van der Waals surface area contributed by atoms with E-state index in [9.17, 15) is 0 Å². The minimum absolute atomic E-state index is 0.425. The number of rotatable bonds is 3. The Labute approximate surface area is 108 Å². The minimum Gasteiger partial charge on any atom is -0.389 e. The molecule has 17 heavy (non-hydrogen) atoms. The first-order valence-corrected chi connectivity index (χ1v) is 6.61. The van der Waals surface area contributed by atoms with Crippen LogP contribution < -0.4 is 11.1 Å². The van der Waals surface area contributed by atoms with Crippen LogP contribution in [0.2, 0.25) is 0 Å². The summed E-state index contributed by atoms with van der Waals surface area (Å²) in [6, 6.07) is 2.46. The number of nitrogens with two attached hydrogens (primary N) is 1. The van der Waals surface area contributed by atoms with Crippen LogP contribution in [0.5, 0.6) is 0 Å².